The summed E-state index contributed by atoms with van der Waals surface area (Å²) < 4.78 is 31.3. The predicted octanol–water partition coefficient (Wildman–Crippen LogP) is 4.46. The Balaban J connectivity index is 2.52. The second-order valence-electron chi connectivity index (χ2n) is 4.40. The van der Waals surface area contributed by atoms with Gasteiger partial charge in [-0.3, -0.25) is 0 Å². The van der Waals surface area contributed by atoms with Gasteiger partial charge in [-0.05, 0) is 18.2 Å². The number of methoxy groups -OCH3 is 1. The number of halogens is 4. The molecule has 0 aliphatic rings. The molecule has 1 heterocycles. The van der Waals surface area contributed by atoms with Crippen molar-refractivity contribution in [3.8, 4) is 17.3 Å². The minimum atomic E-state index is -3.65. The van der Waals surface area contributed by atoms with Crippen molar-refractivity contribution in [3.63, 3.8) is 0 Å². The maximum atomic E-state index is 13.4. The summed E-state index contributed by atoms with van der Waals surface area (Å²) >= 11 is 11.9. The smallest absolute Gasteiger partial charge is 0.358 e. The molecule has 0 bridgehead atoms. The Morgan fingerprint density at radius 3 is 2.52 bits per heavy atom. The van der Waals surface area contributed by atoms with Crippen LogP contribution in [0.25, 0.3) is 11.3 Å². The lowest BCUT2D eigenvalue weighted by Gasteiger charge is -2.11. The van der Waals surface area contributed by atoms with Crippen LogP contribution in [0.2, 0.25) is 10.0 Å². The molecule has 0 radical (unpaired) electrons. The molecule has 23 heavy (non-hydrogen) atoms. The molecule has 0 saturated heterocycles. The van der Waals surface area contributed by atoms with Crippen molar-refractivity contribution in [2.45, 2.75) is 5.92 Å². The fourth-order valence-corrected chi connectivity index (χ4v) is 2.27. The molecule has 1 aromatic heterocycles. The molecule has 0 aliphatic carbocycles. The first-order chi connectivity index (χ1) is 10.8. The van der Waals surface area contributed by atoms with Gasteiger partial charge in [0.15, 0.2) is 5.69 Å². The average molecular weight is 357 g/mol. The molecule has 0 N–H and O–H groups in total. The van der Waals surface area contributed by atoms with E-state index in [0.717, 1.165) is 18.2 Å². The molecule has 4 nitrogen and oxygen atoms in total. The SMILES string of the molecule is COC(=O)c1nc(-c2ccc(C(F)(F)C#N)cc2Cl)ccc1Cl. The van der Waals surface area contributed by atoms with Crippen molar-refractivity contribution in [3.05, 3.63) is 51.6 Å². The summed E-state index contributed by atoms with van der Waals surface area (Å²) in [5.41, 5.74) is -0.0809. The second-order valence-corrected chi connectivity index (χ2v) is 5.21. The number of ether oxygens (including phenoxy) is 1. The molecule has 0 unspecified atom stereocenters. The van der Waals surface area contributed by atoms with Crippen LogP contribution in [0, 0.1) is 11.3 Å². The third-order valence-corrected chi connectivity index (χ3v) is 3.59. The molecular formula is C15H8Cl2F2N2O2. The van der Waals surface area contributed by atoms with Gasteiger partial charge in [-0.25, -0.2) is 9.78 Å². The lowest BCUT2D eigenvalue weighted by molar-refractivity contribution is 0.0592. The van der Waals surface area contributed by atoms with Crippen LogP contribution in [0.5, 0.6) is 0 Å². The van der Waals surface area contributed by atoms with Crippen molar-refractivity contribution >= 4 is 29.2 Å². The molecule has 2 aromatic rings. The van der Waals surface area contributed by atoms with Crippen molar-refractivity contribution in [1.29, 1.82) is 5.26 Å². The summed E-state index contributed by atoms with van der Waals surface area (Å²) in [7, 11) is 1.18. The number of nitrogens with zero attached hydrogens (tertiary/aromatic N) is 2. The minimum Gasteiger partial charge on any atom is -0.464 e. The van der Waals surface area contributed by atoms with E-state index in [-0.39, 0.29) is 21.4 Å². The number of carbonyl (C=O) groups excluding carboxylic acids is 1. The summed E-state index contributed by atoms with van der Waals surface area (Å²) in [6.45, 7) is 0. The van der Waals surface area contributed by atoms with E-state index in [1.54, 1.807) is 0 Å². The topological polar surface area (TPSA) is 63.0 Å². The van der Waals surface area contributed by atoms with Gasteiger partial charge >= 0.3 is 11.9 Å². The molecule has 0 spiro atoms. The van der Waals surface area contributed by atoms with E-state index in [9.17, 15) is 13.6 Å². The first kappa shape index (κ1) is 17.1. The fourth-order valence-electron chi connectivity index (χ4n) is 1.81. The summed E-state index contributed by atoms with van der Waals surface area (Å²) in [6, 6.07) is 7.14. The van der Waals surface area contributed by atoms with Crippen LogP contribution in [0.1, 0.15) is 16.1 Å². The summed E-state index contributed by atoms with van der Waals surface area (Å²) in [4.78, 5) is 15.6. The lowest BCUT2D eigenvalue weighted by Crippen LogP contribution is -2.10. The number of carbonyl (C=O) groups is 1. The monoisotopic (exact) mass is 356 g/mol. The number of rotatable bonds is 3. The van der Waals surface area contributed by atoms with Crippen LogP contribution >= 0.6 is 23.2 Å². The van der Waals surface area contributed by atoms with Crippen LogP contribution < -0.4 is 0 Å². The Morgan fingerprint density at radius 1 is 1.26 bits per heavy atom. The quantitative estimate of drug-likeness (QED) is 0.761. The summed E-state index contributed by atoms with van der Waals surface area (Å²) in [5.74, 6) is -4.38. The first-order valence-electron chi connectivity index (χ1n) is 6.14. The number of hydrogen-bond donors (Lipinski definition) is 0. The lowest BCUT2D eigenvalue weighted by atomic mass is 10.0. The van der Waals surface area contributed by atoms with Gasteiger partial charge in [-0.2, -0.15) is 14.0 Å². The fraction of sp³-hybridized carbons (Fsp3) is 0.133. The van der Waals surface area contributed by atoms with Crippen LogP contribution in [-0.4, -0.2) is 18.1 Å². The molecule has 8 heteroatoms. The van der Waals surface area contributed by atoms with Gasteiger partial charge in [0.2, 0.25) is 0 Å². The van der Waals surface area contributed by atoms with Crippen LogP contribution in [0.15, 0.2) is 30.3 Å². The average Bonchev–Trinajstić information content (AvgIpc) is 2.54. The Bertz CT molecular complexity index is 820. The Labute approximate surface area is 140 Å². The largest absolute Gasteiger partial charge is 0.464 e. The number of esters is 1. The number of aromatic nitrogens is 1. The number of benzene rings is 1. The minimum absolute atomic E-state index is 0.0388. The second kappa shape index (κ2) is 6.49. The molecule has 0 amide bonds. The van der Waals surface area contributed by atoms with Crippen LogP contribution in [0.3, 0.4) is 0 Å². The number of alkyl halides is 2. The van der Waals surface area contributed by atoms with Crippen LogP contribution in [0.4, 0.5) is 8.78 Å². The number of pyridine rings is 1. The van der Waals surface area contributed by atoms with E-state index >= 15 is 0 Å². The van der Waals surface area contributed by atoms with Crippen molar-refractivity contribution < 1.29 is 18.3 Å². The van der Waals surface area contributed by atoms with Gasteiger partial charge < -0.3 is 4.74 Å². The zero-order chi connectivity index (χ0) is 17.2. The molecule has 0 fully saturated rings. The molecule has 118 valence electrons. The third kappa shape index (κ3) is 3.41. The van der Waals surface area contributed by atoms with Gasteiger partial charge in [-0.15, -0.1) is 0 Å². The van der Waals surface area contributed by atoms with E-state index in [1.165, 1.54) is 25.3 Å². The van der Waals surface area contributed by atoms with E-state index in [1.807, 2.05) is 0 Å². The van der Waals surface area contributed by atoms with E-state index in [4.69, 9.17) is 28.5 Å². The highest BCUT2D eigenvalue weighted by molar-refractivity contribution is 6.34. The molecule has 2 rings (SSSR count). The highest BCUT2D eigenvalue weighted by Gasteiger charge is 2.31. The van der Waals surface area contributed by atoms with Gasteiger partial charge in [0, 0.05) is 11.1 Å². The maximum absolute atomic E-state index is 13.4. The predicted molar refractivity (Wildman–Crippen MR) is 80.5 cm³/mol. The Morgan fingerprint density at radius 2 is 1.96 bits per heavy atom. The van der Waals surface area contributed by atoms with Gasteiger partial charge in [0.05, 0.1) is 22.8 Å². The molecule has 1 aromatic carbocycles. The highest BCUT2D eigenvalue weighted by atomic mass is 35.5. The first-order valence-corrected chi connectivity index (χ1v) is 6.90. The Hall–Kier alpha value is -2.23. The zero-order valence-electron chi connectivity index (χ0n) is 11.6. The van der Waals surface area contributed by atoms with E-state index < -0.39 is 17.5 Å². The number of nitriles is 1. The van der Waals surface area contributed by atoms with Gasteiger partial charge in [0.25, 0.3) is 0 Å². The molecule has 0 aliphatic heterocycles. The number of hydrogen-bond acceptors (Lipinski definition) is 4. The standard InChI is InChI=1S/C15H8Cl2F2N2O2/c1-23-14(22)13-10(16)4-5-12(21-13)9-3-2-8(6-11(9)17)15(18,19)7-20/h2-6H,1H3. The van der Waals surface area contributed by atoms with Gasteiger partial charge in [0.1, 0.15) is 6.07 Å². The molecular weight excluding hydrogens is 349 g/mol. The summed E-state index contributed by atoms with van der Waals surface area (Å²) in [6.07, 6.45) is 0. The molecule has 0 atom stereocenters. The summed E-state index contributed by atoms with van der Waals surface area (Å²) in [5, 5.41) is 8.51. The van der Waals surface area contributed by atoms with Crippen molar-refractivity contribution in [2.24, 2.45) is 0 Å². The van der Waals surface area contributed by atoms with E-state index in [2.05, 4.69) is 9.72 Å². The zero-order valence-corrected chi connectivity index (χ0v) is 13.1. The normalized spacial score (nSPS) is 11.0. The maximum Gasteiger partial charge on any atom is 0.358 e. The van der Waals surface area contributed by atoms with Crippen molar-refractivity contribution in [2.75, 3.05) is 7.11 Å². The third-order valence-electron chi connectivity index (χ3n) is 2.97. The van der Waals surface area contributed by atoms with Crippen LogP contribution in [-0.2, 0) is 10.7 Å². The molecule has 0 saturated carbocycles. The Kier molecular flexibility index (Phi) is 4.83. The van der Waals surface area contributed by atoms with E-state index in [0.29, 0.717) is 5.56 Å². The highest BCUT2D eigenvalue weighted by Crippen LogP contribution is 2.34. The van der Waals surface area contributed by atoms with Crippen molar-refractivity contribution in [1.82, 2.24) is 4.98 Å². The van der Waals surface area contributed by atoms with Gasteiger partial charge in [-0.1, -0.05) is 35.3 Å².